The highest BCUT2D eigenvalue weighted by Crippen LogP contribution is 2.21. The first-order valence-corrected chi connectivity index (χ1v) is 46.4. The SMILES string of the molecule is CC/C=C\C/C=C\C/C=C\C/C=C\C/C=C\CCCCCCCCCCCCCCCCCCCCCCCCCCCC(=O)OC(COC(=O)CCCCCCCCCCCCCCCCCCCCCCCCCCCCCCCCCCCCCCCCC)COC(OCC[N+](C)(C)C)C(=O)[O-]. The van der Waals surface area contributed by atoms with E-state index in [-0.39, 0.29) is 32.2 Å². The van der Waals surface area contributed by atoms with Gasteiger partial charge in [-0.3, -0.25) is 9.59 Å². The molecule has 9 nitrogen and oxygen atoms in total. The van der Waals surface area contributed by atoms with Gasteiger partial charge in [0.1, 0.15) is 13.2 Å². The summed E-state index contributed by atoms with van der Waals surface area (Å²) in [6.07, 6.45) is 114. The van der Waals surface area contributed by atoms with Crippen LogP contribution in [0.4, 0.5) is 0 Å². The minimum absolute atomic E-state index is 0.151. The number of unbranched alkanes of at least 4 members (excludes halogenated alkanes) is 63. The van der Waals surface area contributed by atoms with Crippen LogP contribution in [-0.4, -0.2) is 82.3 Å². The number of hydrogen-bond donors (Lipinski definition) is 0. The summed E-state index contributed by atoms with van der Waals surface area (Å²) < 4.78 is 22.9. The molecular formula is C96H179NO8. The molecular weight excluding hydrogens is 1300 g/mol. The van der Waals surface area contributed by atoms with Crippen LogP contribution in [0.15, 0.2) is 60.8 Å². The number of quaternary nitrogens is 1. The predicted octanol–water partition coefficient (Wildman–Crippen LogP) is 29.2. The molecule has 0 aromatic rings. The van der Waals surface area contributed by atoms with Crippen LogP contribution in [0.1, 0.15) is 476 Å². The number of carboxylic acid groups (broad SMARTS) is 1. The molecule has 2 unspecified atom stereocenters. The van der Waals surface area contributed by atoms with E-state index in [2.05, 4.69) is 74.6 Å². The molecule has 0 heterocycles. The van der Waals surface area contributed by atoms with Crippen molar-refractivity contribution in [2.45, 2.75) is 489 Å². The third-order valence-electron chi connectivity index (χ3n) is 21.3. The molecule has 0 spiro atoms. The fraction of sp³-hybridized carbons (Fsp3) is 0.865. The Hall–Kier alpha value is -3.01. The zero-order valence-corrected chi connectivity index (χ0v) is 70.9. The Morgan fingerprint density at radius 1 is 0.295 bits per heavy atom. The van der Waals surface area contributed by atoms with Gasteiger partial charge < -0.3 is 33.3 Å². The molecule has 0 aromatic heterocycles. The predicted molar refractivity (Wildman–Crippen MR) is 454 cm³/mol. The smallest absolute Gasteiger partial charge is 0.306 e. The minimum Gasteiger partial charge on any atom is -0.545 e. The average molecular weight is 1480 g/mol. The molecule has 2 atom stereocenters. The lowest BCUT2D eigenvalue weighted by Crippen LogP contribution is -2.44. The van der Waals surface area contributed by atoms with Crippen molar-refractivity contribution in [3.05, 3.63) is 60.8 Å². The summed E-state index contributed by atoms with van der Waals surface area (Å²) in [5.74, 6) is -2.24. The van der Waals surface area contributed by atoms with Crippen molar-refractivity contribution in [3.8, 4) is 0 Å². The summed E-state index contributed by atoms with van der Waals surface area (Å²) in [6.45, 7) is 4.72. The van der Waals surface area contributed by atoms with E-state index in [0.29, 0.717) is 17.4 Å². The van der Waals surface area contributed by atoms with Gasteiger partial charge in [-0.1, -0.05) is 466 Å². The number of esters is 2. The lowest BCUT2D eigenvalue weighted by molar-refractivity contribution is -0.870. The Balaban J connectivity index is 3.87. The van der Waals surface area contributed by atoms with Crippen LogP contribution >= 0.6 is 0 Å². The number of carboxylic acids is 1. The second-order valence-electron chi connectivity index (χ2n) is 32.9. The quantitative estimate of drug-likeness (QED) is 0.0195. The van der Waals surface area contributed by atoms with Gasteiger partial charge in [-0.15, -0.1) is 0 Å². The fourth-order valence-electron chi connectivity index (χ4n) is 14.3. The van der Waals surface area contributed by atoms with Gasteiger partial charge in [-0.2, -0.15) is 0 Å². The van der Waals surface area contributed by atoms with Gasteiger partial charge in [0.2, 0.25) is 0 Å². The van der Waals surface area contributed by atoms with E-state index in [1.54, 1.807) is 0 Å². The number of carbonyl (C=O) groups excluding carboxylic acids is 3. The molecule has 0 radical (unpaired) electrons. The highest BCUT2D eigenvalue weighted by molar-refractivity contribution is 5.70. The van der Waals surface area contributed by atoms with Crippen LogP contribution in [-0.2, 0) is 33.3 Å². The van der Waals surface area contributed by atoms with Crippen LogP contribution in [0.5, 0.6) is 0 Å². The van der Waals surface area contributed by atoms with Gasteiger partial charge in [0.15, 0.2) is 12.4 Å². The molecule has 0 aliphatic rings. The molecule has 0 amide bonds. The molecule has 0 saturated heterocycles. The van der Waals surface area contributed by atoms with Crippen molar-refractivity contribution in [1.82, 2.24) is 0 Å². The molecule has 0 bridgehead atoms. The van der Waals surface area contributed by atoms with Gasteiger partial charge in [-0.25, -0.2) is 0 Å². The van der Waals surface area contributed by atoms with Gasteiger partial charge >= 0.3 is 11.9 Å². The van der Waals surface area contributed by atoms with Gasteiger partial charge in [0.25, 0.3) is 0 Å². The monoisotopic (exact) mass is 1470 g/mol. The van der Waals surface area contributed by atoms with E-state index in [4.69, 9.17) is 18.9 Å². The van der Waals surface area contributed by atoms with Crippen molar-refractivity contribution >= 4 is 17.9 Å². The van der Waals surface area contributed by atoms with Crippen molar-refractivity contribution in [3.63, 3.8) is 0 Å². The van der Waals surface area contributed by atoms with Crippen LogP contribution in [0.25, 0.3) is 0 Å². The van der Waals surface area contributed by atoms with E-state index in [1.165, 1.54) is 379 Å². The number of likely N-dealkylation sites (N-methyl/N-ethyl adjacent to an activating group) is 1. The van der Waals surface area contributed by atoms with Crippen molar-refractivity contribution in [2.24, 2.45) is 0 Å². The standard InChI is InChI=1S/C96H179NO8/c1-6-8-10-12-14-16-18-20-22-24-26-28-30-32-34-36-38-40-42-44-46-47-49-51-53-55-57-59-61-63-65-67-69-71-73-75-77-79-81-83-85-87-94(99)105-92(91-104-96(95(100)101)102-89-88-97(3,4)5)90-103-93(98)86-84-82-80-78-76-74-72-70-68-66-64-62-60-58-56-54-52-50-48-45-43-41-39-37-35-33-31-29-27-25-23-21-19-17-15-13-11-9-7-2/h8,10,14,16,20,22,26,28,32,34,92,96H,6-7,9,11-13,15,17-19,21,23-25,27,29-31,33,35-91H2,1-5H3/b10-8-,16-14-,22-20-,28-26-,34-32-. The summed E-state index contributed by atoms with van der Waals surface area (Å²) in [4.78, 5) is 37.7. The Kier molecular flexibility index (Phi) is 84.1. The number of rotatable bonds is 88. The number of carbonyl (C=O) groups is 3. The second kappa shape index (κ2) is 86.6. The highest BCUT2D eigenvalue weighted by Gasteiger charge is 2.22. The maximum Gasteiger partial charge on any atom is 0.306 e. The molecule has 0 rings (SSSR count). The minimum atomic E-state index is -1.62. The topological polar surface area (TPSA) is 111 Å². The molecule has 0 aliphatic carbocycles. The first kappa shape index (κ1) is 102. The molecule has 0 aliphatic heterocycles. The third-order valence-corrected chi connectivity index (χ3v) is 21.3. The van der Waals surface area contributed by atoms with Gasteiger partial charge in [0.05, 0.1) is 40.3 Å². The second-order valence-corrected chi connectivity index (χ2v) is 32.9. The van der Waals surface area contributed by atoms with Crippen LogP contribution in [0, 0.1) is 0 Å². The van der Waals surface area contributed by atoms with Crippen molar-refractivity contribution < 1.29 is 42.9 Å². The maximum absolute atomic E-state index is 13.0. The normalized spacial score (nSPS) is 12.8. The molecule has 0 aromatic carbocycles. The first-order chi connectivity index (χ1) is 51.6. The summed E-state index contributed by atoms with van der Waals surface area (Å²) in [5.41, 5.74) is 0. The molecule has 616 valence electrons. The summed E-state index contributed by atoms with van der Waals surface area (Å²) >= 11 is 0. The molecule has 0 N–H and O–H groups in total. The Morgan fingerprint density at radius 3 is 0.810 bits per heavy atom. The van der Waals surface area contributed by atoms with Crippen molar-refractivity contribution in [2.75, 3.05) is 47.5 Å². The molecule has 9 heteroatoms. The molecule has 0 fully saturated rings. The van der Waals surface area contributed by atoms with Crippen LogP contribution < -0.4 is 5.11 Å². The average Bonchev–Trinajstić information content (AvgIpc) is 1.18. The van der Waals surface area contributed by atoms with E-state index in [9.17, 15) is 19.5 Å². The van der Waals surface area contributed by atoms with E-state index < -0.39 is 24.3 Å². The van der Waals surface area contributed by atoms with Gasteiger partial charge in [0, 0.05) is 12.8 Å². The Morgan fingerprint density at radius 2 is 0.543 bits per heavy atom. The Bertz CT molecular complexity index is 1920. The third kappa shape index (κ3) is 88.1. The summed E-state index contributed by atoms with van der Waals surface area (Å²) in [7, 11) is 5.96. The van der Waals surface area contributed by atoms with E-state index >= 15 is 0 Å². The Labute approximate surface area is 654 Å². The first-order valence-electron chi connectivity index (χ1n) is 46.4. The van der Waals surface area contributed by atoms with Crippen LogP contribution in [0.3, 0.4) is 0 Å². The number of aliphatic carboxylic acids is 1. The highest BCUT2D eigenvalue weighted by atomic mass is 16.7. The van der Waals surface area contributed by atoms with Crippen molar-refractivity contribution in [1.29, 1.82) is 0 Å². The van der Waals surface area contributed by atoms with E-state index in [1.807, 2.05) is 21.1 Å². The maximum atomic E-state index is 13.0. The van der Waals surface area contributed by atoms with Gasteiger partial charge in [-0.05, 0) is 57.8 Å². The molecule has 105 heavy (non-hydrogen) atoms. The lowest BCUT2D eigenvalue weighted by Gasteiger charge is -2.26. The summed E-state index contributed by atoms with van der Waals surface area (Å²) in [5, 5.41) is 11.9. The number of hydrogen-bond acceptors (Lipinski definition) is 8. The zero-order chi connectivity index (χ0) is 76.0. The zero-order valence-electron chi connectivity index (χ0n) is 70.9. The number of allylic oxidation sites excluding steroid dienone is 10. The van der Waals surface area contributed by atoms with Crippen LogP contribution in [0.2, 0.25) is 0 Å². The number of ether oxygens (including phenoxy) is 4. The molecule has 0 saturated carbocycles. The lowest BCUT2D eigenvalue weighted by atomic mass is 10.0. The fourth-order valence-corrected chi connectivity index (χ4v) is 14.3. The number of nitrogens with zero attached hydrogens (tertiary/aromatic N) is 1. The van der Waals surface area contributed by atoms with E-state index in [0.717, 1.165) is 70.6 Å². The summed E-state index contributed by atoms with van der Waals surface area (Å²) in [6, 6.07) is 0. The largest absolute Gasteiger partial charge is 0.545 e.